The molecule has 0 saturated heterocycles. The molecule has 0 radical (unpaired) electrons. The number of amides is 1. The zero-order chi connectivity index (χ0) is 11.4. The summed E-state index contributed by atoms with van der Waals surface area (Å²) in [6.45, 7) is 1.33. The maximum atomic E-state index is 10.6. The predicted octanol–water partition coefficient (Wildman–Crippen LogP) is 0.975. The van der Waals surface area contributed by atoms with Crippen molar-refractivity contribution in [1.82, 2.24) is 5.32 Å². The Morgan fingerprint density at radius 2 is 2.31 bits per heavy atom. The van der Waals surface area contributed by atoms with Gasteiger partial charge in [0.1, 0.15) is 5.75 Å². The molecule has 1 aromatic rings. The molecule has 3 N–H and O–H groups in total. The fourth-order valence-corrected chi connectivity index (χ4v) is 1.92. The van der Waals surface area contributed by atoms with Crippen LogP contribution in [-0.4, -0.2) is 19.1 Å². The lowest BCUT2D eigenvalue weighted by Crippen LogP contribution is -2.29. The normalized spacial score (nSPS) is 18.6. The van der Waals surface area contributed by atoms with Crippen LogP contribution in [0.25, 0.3) is 0 Å². The van der Waals surface area contributed by atoms with E-state index in [2.05, 4.69) is 11.4 Å². The molecule has 1 aromatic carbocycles. The van der Waals surface area contributed by atoms with Crippen molar-refractivity contribution >= 4 is 5.91 Å². The first-order valence-corrected chi connectivity index (χ1v) is 5.51. The zero-order valence-electron chi connectivity index (χ0n) is 9.11. The summed E-state index contributed by atoms with van der Waals surface area (Å²) in [4.78, 5) is 10.6. The number of nitrogens with one attached hydrogen (secondary N) is 1. The topological polar surface area (TPSA) is 64.4 Å². The number of ether oxygens (including phenoxy) is 1. The van der Waals surface area contributed by atoms with Crippen LogP contribution in [0.2, 0.25) is 0 Å². The Morgan fingerprint density at radius 1 is 1.50 bits per heavy atom. The third kappa shape index (κ3) is 2.52. The molecule has 0 spiro atoms. The van der Waals surface area contributed by atoms with Gasteiger partial charge in [0, 0.05) is 31.0 Å². The molecule has 4 heteroatoms. The quantitative estimate of drug-likeness (QED) is 0.794. The Morgan fingerprint density at radius 3 is 3.12 bits per heavy atom. The van der Waals surface area contributed by atoms with Gasteiger partial charge in [-0.15, -0.1) is 0 Å². The van der Waals surface area contributed by atoms with Crippen LogP contribution in [0.1, 0.15) is 24.4 Å². The van der Waals surface area contributed by atoms with Gasteiger partial charge in [0.25, 0.3) is 0 Å². The van der Waals surface area contributed by atoms with Crippen molar-refractivity contribution in [3.63, 3.8) is 0 Å². The molecule has 0 bridgehead atoms. The van der Waals surface area contributed by atoms with E-state index in [1.165, 1.54) is 5.56 Å². The van der Waals surface area contributed by atoms with Gasteiger partial charge in [-0.25, -0.2) is 0 Å². The summed E-state index contributed by atoms with van der Waals surface area (Å²) in [7, 11) is 0. The van der Waals surface area contributed by atoms with Crippen LogP contribution in [-0.2, 0) is 4.79 Å². The summed E-state index contributed by atoms with van der Waals surface area (Å²) in [5.74, 6) is 0.665. The summed E-state index contributed by atoms with van der Waals surface area (Å²) >= 11 is 0. The maximum absolute atomic E-state index is 10.6. The molecule has 1 aliphatic rings. The van der Waals surface area contributed by atoms with Gasteiger partial charge in [0.15, 0.2) is 0 Å². The van der Waals surface area contributed by atoms with Crippen molar-refractivity contribution in [3.8, 4) is 5.75 Å². The number of benzene rings is 1. The predicted molar refractivity (Wildman–Crippen MR) is 61.1 cm³/mol. The number of rotatable bonds is 4. The Labute approximate surface area is 94.8 Å². The Hall–Kier alpha value is -1.55. The number of carbonyl (C=O) groups excluding carboxylic acids is 1. The maximum Gasteiger partial charge on any atom is 0.218 e. The van der Waals surface area contributed by atoms with Crippen LogP contribution in [0.15, 0.2) is 24.3 Å². The third-order valence-electron chi connectivity index (χ3n) is 2.72. The minimum atomic E-state index is -0.271. The van der Waals surface area contributed by atoms with E-state index < -0.39 is 0 Å². The van der Waals surface area contributed by atoms with Gasteiger partial charge in [-0.05, 0) is 6.07 Å². The first kappa shape index (κ1) is 11.0. The molecule has 2 rings (SSSR count). The van der Waals surface area contributed by atoms with Gasteiger partial charge in [-0.2, -0.15) is 0 Å². The summed E-state index contributed by atoms with van der Waals surface area (Å²) in [6.07, 6.45) is 1.30. The van der Waals surface area contributed by atoms with E-state index in [1.807, 2.05) is 18.2 Å². The van der Waals surface area contributed by atoms with Gasteiger partial charge in [-0.3, -0.25) is 4.79 Å². The van der Waals surface area contributed by atoms with E-state index in [1.54, 1.807) is 0 Å². The highest BCUT2D eigenvalue weighted by Gasteiger charge is 2.19. The van der Waals surface area contributed by atoms with Crippen molar-refractivity contribution in [2.45, 2.75) is 18.9 Å². The summed E-state index contributed by atoms with van der Waals surface area (Å²) in [5.41, 5.74) is 6.26. The van der Waals surface area contributed by atoms with Crippen molar-refractivity contribution < 1.29 is 9.53 Å². The van der Waals surface area contributed by atoms with Gasteiger partial charge in [0.2, 0.25) is 5.91 Å². The highest BCUT2D eigenvalue weighted by Crippen LogP contribution is 2.31. The second-order valence-corrected chi connectivity index (χ2v) is 3.90. The van der Waals surface area contributed by atoms with Crippen LogP contribution < -0.4 is 15.8 Å². The molecule has 0 aliphatic carbocycles. The number of primary amides is 1. The van der Waals surface area contributed by atoms with Crippen molar-refractivity contribution in [2.24, 2.45) is 5.73 Å². The highest BCUT2D eigenvalue weighted by atomic mass is 16.5. The average Bonchev–Trinajstić information content (AvgIpc) is 2.29. The molecule has 1 atom stereocenters. The van der Waals surface area contributed by atoms with Crippen molar-refractivity contribution in [2.75, 3.05) is 13.2 Å². The lowest BCUT2D eigenvalue weighted by Gasteiger charge is -2.26. The van der Waals surface area contributed by atoms with E-state index in [0.717, 1.165) is 12.2 Å². The molecule has 1 heterocycles. The highest BCUT2D eigenvalue weighted by molar-refractivity contribution is 5.73. The van der Waals surface area contributed by atoms with Gasteiger partial charge in [0.05, 0.1) is 6.61 Å². The number of fused-ring (bicyclic) bond motifs is 1. The molecular formula is C12H16N2O2. The average molecular weight is 220 g/mol. The zero-order valence-corrected chi connectivity index (χ0v) is 9.11. The first-order chi connectivity index (χ1) is 7.77. The Kier molecular flexibility index (Phi) is 3.41. The van der Waals surface area contributed by atoms with E-state index in [-0.39, 0.29) is 11.9 Å². The van der Waals surface area contributed by atoms with Crippen LogP contribution in [0.4, 0.5) is 0 Å². The second-order valence-electron chi connectivity index (χ2n) is 3.90. The second kappa shape index (κ2) is 4.99. The number of carbonyl (C=O) groups is 1. The molecule has 1 unspecified atom stereocenters. The smallest absolute Gasteiger partial charge is 0.218 e. The number of hydrogen-bond donors (Lipinski definition) is 2. The minimum Gasteiger partial charge on any atom is -0.493 e. The molecule has 86 valence electrons. The number of para-hydroxylation sites is 1. The molecular weight excluding hydrogens is 204 g/mol. The molecule has 0 fully saturated rings. The number of nitrogens with two attached hydrogens (primary N) is 1. The molecule has 1 amide bonds. The molecule has 1 aliphatic heterocycles. The molecule has 16 heavy (non-hydrogen) atoms. The van der Waals surface area contributed by atoms with Gasteiger partial charge in [-0.1, -0.05) is 18.2 Å². The Balaban J connectivity index is 1.99. The van der Waals surface area contributed by atoms with E-state index in [4.69, 9.17) is 10.5 Å². The van der Waals surface area contributed by atoms with Crippen LogP contribution in [0.3, 0.4) is 0 Å². The van der Waals surface area contributed by atoms with Crippen LogP contribution >= 0.6 is 0 Å². The lowest BCUT2D eigenvalue weighted by atomic mass is 10.0. The fraction of sp³-hybridized carbons (Fsp3) is 0.417. The lowest BCUT2D eigenvalue weighted by molar-refractivity contribution is -0.117. The molecule has 4 nitrogen and oxygen atoms in total. The third-order valence-corrected chi connectivity index (χ3v) is 2.72. The minimum absolute atomic E-state index is 0.268. The van der Waals surface area contributed by atoms with E-state index in [0.29, 0.717) is 19.6 Å². The van der Waals surface area contributed by atoms with Crippen molar-refractivity contribution in [1.29, 1.82) is 0 Å². The first-order valence-electron chi connectivity index (χ1n) is 5.51. The summed E-state index contributed by atoms with van der Waals surface area (Å²) < 4.78 is 5.55. The fourth-order valence-electron chi connectivity index (χ4n) is 1.92. The number of hydrogen-bond acceptors (Lipinski definition) is 3. The van der Waals surface area contributed by atoms with Gasteiger partial charge >= 0.3 is 0 Å². The summed E-state index contributed by atoms with van der Waals surface area (Å²) in [5, 5.41) is 3.33. The SMILES string of the molecule is NC(=O)CCNC1CCOc2ccccc21. The standard InChI is InChI=1S/C12H16N2O2/c13-12(15)5-7-14-10-6-8-16-11-4-2-1-3-9(10)11/h1-4,10,14H,5-8H2,(H2,13,15). The van der Waals surface area contributed by atoms with E-state index in [9.17, 15) is 4.79 Å². The monoisotopic (exact) mass is 220 g/mol. The van der Waals surface area contributed by atoms with Crippen LogP contribution in [0.5, 0.6) is 5.75 Å². The van der Waals surface area contributed by atoms with E-state index >= 15 is 0 Å². The summed E-state index contributed by atoms with van der Waals surface area (Å²) in [6, 6.07) is 8.25. The largest absolute Gasteiger partial charge is 0.493 e. The van der Waals surface area contributed by atoms with Crippen LogP contribution in [0, 0.1) is 0 Å². The Bertz CT molecular complexity index is 379. The van der Waals surface area contributed by atoms with Gasteiger partial charge < -0.3 is 15.8 Å². The molecule has 0 saturated carbocycles. The van der Waals surface area contributed by atoms with Crippen molar-refractivity contribution in [3.05, 3.63) is 29.8 Å². The molecule has 0 aromatic heterocycles.